The number of hydrogen-bond donors (Lipinski definition) is 1. The maximum absolute atomic E-state index is 12.6. The van der Waals surface area contributed by atoms with Crippen molar-refractivity contribution in [3.63, 3.8) is 0 Å². The Balaban J connectivity index is 2.14. The van der Waals surface area contributed by atoms with Crippen molar-refractivity contribution in [1.29, 1.82) is 0 Å². The average molecular weight is 344 g/mol. The van der Waals surface area contributed by atoms with Gasteiger partial charge in [0.15, 0.2) is 0 Å². The lowest BCUT2D eigenvalue weighted by Gasteiger charge is -2.16. The van der Waals surface area contributed by atoms with E-state index < -0.39 is 12.0 Å². The number of nitrogens with one attached hydrogen (secondary N) is 1. The Morgan fingerprint density at radius 3 is 2.56 bits per heavy atom. The molecule has 7 nitrogen and oxygen atoms in total. The molecule has 2 aromatic rings. The summed E-state index contributed by atoms with van der Waals surface area (Å²) in [4.78, 5) is 28.6. The summed E-state index contributed by atoms with van der Waals surface area (Å²) in [6.45, 7) is 6.75. The molecule has 0 aliphatic heterocycles. The molecule has 0 saturated carbocycles. The Bertz CT molecular complexity index is 725. The molecule has 1 amide bonds. The summed E-state index contributed by atoms with van der Waals surface area (Å²) < 4.78 is 6.62. The molecule has 7 heteroatoms. The number of carbonyl (C=O) groups excluding carboxylic acids is 2. The second-order valence-electron chi connectivity index (χ2n) is 6.33. The molecule has 0 aliphatic rings. The number of esters is 1. The van der Waals surface area contributed by atoms with Crippen LogP contribution in [0.1, 0.15) is 35.5 Å². The van der Waals surface area contributed by atoms with Gasteiger partial charge in [-0.25, -0.2) is 4.79 Å². The minimum absolute atomic E-state index is 0.333. The molecule has 0 radical (unpaired) electrons. The molecule has 0 saturated heterocycles. The van der Waals surface area contributed by atoms with E-state index in [1.54, 1.807) is 29.2 Å². The van der Waals surface area contributed by atoms with Crippen molar-refractivity contribution in [3.8, 4) is 0 Å². The SMILES string of the molecule is COC(=O)C(Cc1ccncc1)NC(=O)c1cnn(CC(C)C)c1C. The smallest absolute Gasteiger partial charge is 0.328 e. The lowest BCUT2D eigenvalue weighted by atomic mass is 10.1. The van der Waals surface area contributed by atoms with E-state index in [1.165, 1.54) is 13.3 Å². The summed E-state index contributed by atoms with van der Waals surface area (Å²) in [6.07, 6.45) is 5.16. The van der Waals surface area contributed by atoms with Crippen molar-refractivity contribution in [1.82, 2.24) is 20.1 Å². The number of rotatable bonds is 7. The molecule has 2 aromatic heterocycles. The summed E-state index contributed by atoms with van der Waals surface area (Å²) in [5.74, 6) is -0.404. The van der Waals surface area contributed by atoms with Gasteiger partial charge < -0.3 is 10.1 Å². The van der Waals surface area contributed by atoms with Crippen molar-refractivity contribution >= 4 is 11.9 Å². The molecule has 0 aliphatic carbocycles. The van der Waals surface area contributed by atoms with Crippen LogP contribution in [0.5, 0.6) is 0 Å². The highest BCUT2D eigenvalue weighted by atomic mass is 16.5. The van der Waals surface area contributed by atoms with Crippen molar-refractivity contribution in [2.24, 2.45) is 5.92 Å². The van der Waals surface area contributed by atoms with Crippen molar-refractivity contribution in [3.05, 3.63) is 47.5 Å². The largest absolute Gasteiger partial charge is 0.467 e. The molecular formula is C18H24N4O3. The molecule has 1 atom stereocenters. The van der Waals surface area contributed by atoms with E-state index in [1.807, 2.05) is 6.92 Å². The number of methoxy groups -OCH3 is 1. The van der Waals surface area contributed by atoms with Gasteiger partial charge in [0.25, 0.3) is 5.91 Å². The van der Waals surface area contributed by atoms with E-state index in [2.05, 4.69) is 29.2 Å². The highest BCUT2D eigenvalue weighted by Crippen LogP contribution is 2.11. The quantitative estimate of drug-likeness (QED) is 0.774. The second kappa shape index (κ2) is 8.41. The number of ether oxygens (including phenoxy) is 1. The third-order valence-corrected chi connectivity index (χ3v) is 3.87. The Morgan fingerprint density at radius 1 is 1.28 bits per heavy atom. The fourth-order valence-electron chi connectivity index (χ4n) is 2.53. The molecule has 2 heterocycles. The predicted molar refractivity (Wildman–Crippen MR) is 93.0 cm³/mol. The van der Waals surface area contributed by atoms with Gasteiger partial charge in [0.1, 0.15) is 6.04 Å². The average Bonchev–Trinajstić information content (AvgIpc) is 2.94. The molecule has 1 N–H and O–H groups in total. The third-order valence-electron chi connectivity index (χ3n) is 3.87. The number of amides is 1. The Kier molecular flexibility index (Phi) is 6.27. The van der Waals surface area contributed by atoms with Gasteiger partial charge in [-0.3, -0.25) is 14.5 Å². The second-order valence-corrected chi connectivity index (χ2v) is 6.33. The van der Waals surface area contributed by atoms with E-state index in [0.29, 0.717) is 17.9 Å². The molecule has 0 aromatic carbocycles. The molecule has 0 spiro atoms. The first-order valence-corrected chi connectivity index (χ1v) is 8.22. The van der Waals surface area contributed by atoms with E-state index >= 15 is 0 Å². The van der Waals surface area contributed by atoms with Crippen LogP contribution < -0.4 is 5.32 Å². The fourth-order valence-corrected chi connectivity index (χ4v) is 2.53. The molecule has 25 heavy (non-hydrogen) atoms. The van der Waals surface area contributed by atoms with E-state index in [-0.39, 0.29) is 5.91 Å². The van der Waals surface area contributed by atoms with Gasteiger partial charge >= 0.3 is 5.97 Å². The summed E-state index contributed by atoms with van der Waals surface area (Å²) in [5, 5.41) is 7.02. The van der Waals surface area contributed by atoms with E-state index in [9.17, 15) is 9.59 Å². The van der Waals surface area contributed by atoms with Crippen molar-refractivity contribution < 1.29 is 14.3 Å². The van der Waals surface area contributed by atoms with Crippen LogP contribution in [-0.2, 0) is 22.5 Å². The van der Waals surface area contributed by atoms with Crippen LogP contribution >= 0.6 is 0 Å². The van der Waals surface area contributed by atoms with Gasteiger partial charge in [0.2, 0.25) is 0 Å². The monoisotopic (exact) mass is 344 g/mol. The van der Waals surface area contributed by atoms with Gasteiger partial charge in [-0.15, -0.1) is 0 Å². The standard InChI is InChI=1S/C18H24N4O3/c1-12(2)11-22-13(3)15(10-20-22)17(23)21-16(18(24)25-4)9-14-5-7-19-8-6-14/h5-8,10,12,16H,9,11H2,1-4H3,(H,21,23). The molecule has 1 unspecified atom stereocenters. The molecule has 0 bridgehead atoms. The summed E-state index contributed by atoms with van der Waals surface area (Å²) >= 11 is 0. The van der Waals surface area contributed by atoms with Gasteiger partial charge in [0.05, 0.1) is 18.9 Å². The number of carbonyl (C=O) groups is 2. The van der Waals surface area contributed by atoms with Crippen molar-refractivity contribution in [2.75, 3.05) is 7.11 Å². The zero-order valence-corrected chi connectivity index (χ0v) is 15.0. The molecule has 2 rings (SSSR count). The van der Waals surface area contributed by atoms with E-state index in [4.69, 9.17) is 4.74 Å². The lowest BCUT2D eigenvalue weighted by Crippen LogP contribution is -2.43. The molecule has 134 valence electrons. The van der Waals surface area contributed by atoms with Crippen LogP contribution in [0.25, 0.3) is 0 Å². The summed E-state index contributed by atoms with van der Waals surface area (Å²) in [6, 6.07) is 2.83. The minimum Gasteiger partial charge on any atom is -0.467 e. The topological polar surface area (TPSA) is 86.1 Å². The summed E-state index contributed by atoms with van der Waals surface area (Å²) in [7, 11) is 1.31. The zero-order valence-electron chi connectivity index (χ0n) is 15.0. The first-order valence-electron chi connectivity index (χ1n) is 8.22. The Morgan fingerprint density at radius 2 is 1.96 bits per heavy atom. The lowest BCUT2D eigenvalue weighted by molar-refractivity contribution is -0.142. The van der Waals surface area contributed by atoms with Gasteiger partial charge in [-0.1, -0.05) is 13.8 Å². The molecule has 0 fully saturated rings. The predicted octanol–water partition coefficient (Wildman–Crippen LogP) is 1.76. The van der Waals surface area contributed by atoms with Crippen LogP contribution in [0.3, 0.4) is 0 Å². The number of nitrogens with zero attached hydrogens (tertiary/aromatic N) is 3. The van der Waals surface area contributed by atoms with Gasteiger partial charge in [-0.05, 0) is 30.5 Å². The number of aromatic nitrogens is 3. The van der Waals surface area contributed by atoms with Gasteiger partial charge in [-0.2, -0.15) is 5.10 Å². The van der Waals surface area contributed by atoms with Gasteiger partial charge in [0, 0.05) is 31.1 Å². The fraction of sp³-hybridized carbons (Fsp3) is 0.444. The first-order chi connectivity index (χ1) is 11.9. The van der Waals surface area contributed by atoms with E-state index in [0.717, 1.165) is 17.8 Å². The third kappa shape index (κ3) is 4.89. The maximum Gasteiger partial charge on any atom is 0.328 e. The van der Waals surface area contributed by atoms with Crippen LogP contribution in [0.2, 0.25) is 0 Å². The number of hydrogen-bond acceptors (Lipinski definition) is 5. The van der Waals surface area contributed by atoms with Crippen LogP contribution in [0, 0.1) is 12.8 Å². The van der Waals surface area contributed by atoms with Crippen molar-refractivity contribution in [2.45, 2.75) is 39.8 Å². The molecular weight excluding hydrogens is 320 g/mol. The van der Waals surface area contributed by atoms with Crippen LogP contribution in [0.15, 0.2) is 30.7 Å². The highest BCUT2D eigenvalue weighted by Gasteiger charge is 2.24. The Hall–Kier alpha value is -2.70. The highest BCUT2D eigenvalue weighted by molar-refractivity contribution is 5.97. The Labute approximate surface area is 147 Å². The first kappa shape index (κ1) is 18.6. The normalized spacial score (nSPS) is 12.0. The number of pyridine rings is 1. The zero-order chi connectivity index (χ0) is 18.4. The van der Waals surface area contributed by atoms with Crippen LogP contribution in [-0.4, -0.2) is 39.8 Å². The van der Waals surface area contributed by atoms with Crippen LogP contribution in [0.4, 0.5) is 0 Å². The maximum atomic E-state index is 12.6. The summed E-state index contributed by atoms with van der Waals surface area (Å²) in [5.41, 5.74) is 2.13. The minimum atomic E-state index is -0.771.